The molecule has 0 bridgehead atoms. The van der Waals surface area contributed by atoms with Crippen molar-refractivity contribution >= 4 is 27.9 Å². The lowest BCUT2D eigenvalue weighted by Crippen LogP contribution is -2.44. The van der Waals surface area contributed by atoms with Gasteiger partial charge in [0.2, 0.25) is 10.0 Å². The highest BCUT2D eigenvalue weighted by Gasteiger charge is 2.27. The fourth-order valence-electron chi connectivity index (χ4n) is 1.67. The van der Waals surface area contributed by atoms with Gasteiger partial charge in [-0.25, -0.2) is 8.42 Å². The first-order chi connectivity index (χ1) is 10.7. The van der Waals surface area contributed by atoms with Crippen molar-refractivity contribution < 1.29 is 22.7 Å². The molecule has 6 nitrogen and oxygen atoms in total. The number of ketones is 1. The molecule has 0 aliphatic heterocycles. The van der Waals surface area contributed by atoms with Crippen molar-refractivity contribution in [2.75, 3.05) is 6.61 Å². The third-order valence-corrected chi connectivity index (χ3v) is 3.95. The Morgan fingerprint density at radius 1 is 1.22 bits per heavy atom. The van der Waals surface area contributed by atoms with Gasteiger partial charge in [-0.2, -0.15) is 4.72 Å². The minimum Gasteiger partial charge on any atom is -0.457 e. The van der Waals surface area contributed by atoms with Crippen molar-refractivity contribution in [1.82, 2.24) is 4.72 Å². The Hall–Kier alpha value is -1.99. The highest BCUT2D eigenvalue weighted by molar-refractivity contribution is 7.92. The SMILES string of the molecule is CC(=O)COC(=O)[C@@H](NS(=O)(=O)/C=C/c1ccccc1)C(C)C. The Morgan fingerprint density at radius 3 is 2.35 bits per heavy atom. The van der Waals surface area contributed by atoms with E-state index in [-0.39, 0.29) is 18.3 Å². The average molecular weight is 339 g/mol. The molecular weight excluding hydrogens is 318 g/mol. The van der Waals surface area contributed by atoms with Crippen LogP contribution in [0.25, 0.3) is 6.08 Å². The molecule has 0 aliphatic rings. The Labute approximate surface area is 136 Å². The van der Waals surface area contributed by atoms with Gasteiger partial charge in [0.1, 0.15) is 12.6 Å². The van der Waals surface area contributed by atoms with E-state index in [1.807, 2.05) is 6.07 Å². The molecular formula is C16H21NO5S. The Kier molecular flexibility index (Phi) is 7.12. The summed E-state index contributed by atoms with van der Waals surface area (Å²) in [5.74, 6) is -1.41. The number of Topliss-reactive ketones (excluding diaryl/α,β-unsaturated/α-hetero) is 1. The van der Waals surface area contributed by atoms with Crippen molar-refractivity contribution in [2.45, 2.75) is 26.8 Å². The number of carbonyl (C=O) groups is 2. The van der Waals surface area contributed by atoms with Crippen molar-refractivity contribution in [3.05, 3.63) is 41.3 Å². The van der Waals surface area contributed by atoms with Gasteiger partial charge in [-0.1, -0.05) is 44.2 Å². The second-order valence-corrected chi connectivity index (χ2v) is 7.01. The van der Waals surface area contributed by atoms with Crippen LogP contribution in [0.4, 0.5) is 0 Å². The standard InChI is InChI=1S/C16H21NO5S/c1-12(2)15(16(19)22-11-13(3)18)17-23(20,21)10-9-14-7-5-4-6-8-14/h4-10,12,15,17H,11H2,1-3H3/b10-9+/t15-/m0/s1. The smallest absolute Gasteiger partial charge is 0.324 e. The first-order valence-electron chi connectivity index (χ1n) is 7.13. The lowest BCUT2D eigenvalue weighted by Gasteiger charge is -2.19. The molecule has 1 rings (SSSR count). The van der Waals surface area contributed by atoms with Crippen LogP contribution in [-0.4, -0.2) is 32.8 Å². The maximum Gasteiger partial charge on any atom is 0.324 e. The predicted octanol–water partition coefficient (Wildman–Crippen LogP) is 1.73. The molecule has 1 aromatic carbocycles. The van der Waals surface area contributed by atoms with Gasteiger partial charge in [-0.05, 0) is 24.5 Å². The zero-order chi connectivity index (χ0) is 17.5. The van der Waals surface area contributed by atoms with Crippen LogP contribution in [0.1, 0.15) is 26.3 Å². The van der Waals surface area contributed by atoms with E-state index >= 15 is 0 Å². The number of rotatable bonds is 8. The van der Waals surface area contributed by atoms with E-state index < -0.39 is 22.0 Å². The summed E-state index contributed by atoms with van der Waals surface area (Å²) in [6.07, 6.45) is 1.43. The van der Waals surface area contributed by atoms with Crippen molar-refractivity contribution in [3.8, 4) is 0 Å². The highest BCUT2D eigenvalue weighted by Crippen LogP contribution is 2.08. The van der Waals surface area contributed by atoms with Crippen LogP contribution in [0.2, 0.25) is 0 Å². The summed E-state index contributed by atoms with van der Waals surface area (Å²) in [4.78, 5) is 22.8. The molecule has 0 aromatic heterocycles. The quantitative estimate of drug-likeness (QED) is 0.729. The third-order valence-electron chi connectivity index (χ3n) is 2.87. The highest BCUT2D eigenvalue weighted by atomic mass is 32.2. The van der Waals surface area contributed by atoms with E-state index in [9.17, 15) is 18.0 Å². The average Bonchev–Trinajstić information content (AvgIpc) is 2.49. The summed E-state index contributed by atoms with van der Waals surface area (Å²) in [5.41, 5.74) is 0.720. The normalized spacial score (nSPS) is 13.2. The van der Waals surface area contributed by atoms with E-state index in [1.165, 1.54) is 13.0 Å². The molecule has 0 spiro atoms. The van der Waals surface area contributed by atoms with Crippen molar-refractivity contribution in [2.24, 2.45) is 5.92 Å². The van der Waals surface area contributed by atoms with Crippen molar-refractivity contribution in [1.29, 1.82) is 0 Å². The summed E-state index contributed by atoms with van der Waals surface area (Å²) >= 11 is 0. The summed E-state index contributed by atoms with van der Waals surface area (Å²) < 4.78 is 31.3. The van der Waals surface area contributed by atoms with Crippen LogP contribution >= 0.6 is 0 Å². The van der Waals surface area contributed by atoms with Gasteiger partial charge in [-0.15, -0.1) is 0 Å². The molecule has 0 heterocycles. The Bertz CT molecular complexity index is 665. The van der Waals surface area contributed by atoms with Crippen LogP contribution in [0.3, 0.4) is 0 Å². The lowest BCUT2D eigenvalue weighted by molar-refractivity contribution is -0.150. The number of ether oxygens (including phenoxy) is 1. The van der Waals surface area contributed by atoms with Gasteiger partial charge in [-0.3, -0.25) is 9.59 Å². The minimum atomic E-state index is -3.82. The number of carbonyl (C=O) groups excluding carboxylic acids is 2. The fraction of sp³-hybridized carbons (Fsp3) is 0.375. The molecule has 126 valence electrons. The molecule has 0 saturated heterocycles. The number of benzene rings is 1. The maximum absolute atomic E-state index is 12.1. The van der Waals surface area contributed by atoms with Crippen LogP contribution < -0.4 is 4.72 Å². The van der Waals surface area contributed by atoms with Gasteiger partial charge >= 0.3 is 5.97 Å². The Morgan fingerprint density at radius 2 is 1.83 bits per heavy atom. The summed E-state index contributed by atoms with van der Waals surface area (Å²) in [6.45, 7) is 4.28. The molecule has 7 heteroatoms. The van der Waals surface area contributed by atoms with Gasteiger partial charge in [0.15, 0.2) is 5.78 Å². The maximum atomic E-state index is 12.1. The van der Waals surface area contributed by atoms with Crippen molar-refractivity contribution in [3.63, 3.8) is 0 Å². The largest absolute Gasteiger partial charge is 0.457 e. The van der Waals surface area contributed by atoms with Gasteiger partial charge < -0.3 is 4.74 Å². The fourth-order valence-corrected chi connectivity index (χ4v) is 2.80. The van der Waals surface area contributed by atoms with Gasteiger partial charge in [0.05, 0.1) is 0 Å². The van der Waals surface area contributed by atoms with E-state index in [0.29, 0.717) is 0 Å². The molecule has 0 unspecified atom stereocenters. The lowest BCUT2D eigenvalue weighted by atomic mass is 10.1. The molecule has 0 amide bonds. The molecule has 1 aromatic rings. The summed E-state index contributed by atoms with van der Waals surface area (Å²) in [7, 11) is -3.82. The van der Waals surface area contributed by atoms with Gasteiger partial charge in [0.25, 0.3) is 0 Å². The molecule has 1 N–H and O–H groups in total. The van der Waals surface area contributed by atoms with Gasteiger partial charge in [0, 0.05) is 5.41 Å². The second kappa shape index (κ2) is 8.59. The molecule has 0 saturated carbocycles. The van der Waals surface area contributed by atoms with E-state index in [2.05, 4.69) is 4.72 Å². The number of sulfonamides is 1. The number of esters is 1. The summed E-state index contributed by atoms with van der Waals surface area (Å²) in [5, 5.41) is 0.996. The summed E-state index contributed by atoms with van der Waals surface area (Å²) in [6, 6.07) is 7.86. The number of nitrogens with one attached hydrogen (secondary N) is 1. The third kappa shape index (κ3) is 7.21. The van der Waals surface area contributed by atoms with E-state index in [4.69, 9.17) is 4.74 Å². The molecule has 0 fully saturated rings. The topological polar surface area (TPSA) is 89.5 Å². The van der Waals surface area contributed by atoms with Crippen LogP contribution in [0.15, 0.2) is 35.7 Å². The number of hydrogen-bond donors (Lipinski definition) is 1. The molecule has 1 atom stereocenters. The van der Waals surface area contributed by atoms with Crippen LogP contribution in [0.5, 0.6) is 0 Å². The molecule has 0 radical (unpaired) electrons. The van der Waals surface area contributed by atoms with Crippen LogP contribution in [-0.2, 0) is 24.3 Å². The first kappa shape index (κ1) is 19.1. The minimum absolute atomic E-state index is 0.312. The zero-order valence-electron chi connectivity index (χ0n) is 13.4. The Balaban J connectivity index is 2.80. The zero-order valence-corrected chi connectivity index (χ0v) is 14.2. The number of hydrogen-bond acceptors (Lipinski definition) is 5. The molecule has 23 heavy (non-hydrogen) atoms. The first-order valence-corrected chi connectivity index (χ1v) is 8.67. The molecule has 0 aliphatic carbocycles. The van der Waals surface area contributed by atoms with E-state index in [0.717, 1.165) is 11.0 Å². The second-order valence-electron chi connectivity index (χ2n) is 5.41. The van der Waals surface area contributed by atoms with Crippen LogP contribution in [0, 0.1) is 5.92 Å². The monoisotopic (exact) mass is 339 g/mol. The van der Waals surface area contributed by atoms with E-state index in [1.54, 1.807) is 38.1 Å². The predicted molar refractivity (Wildman–Crippen MR) is 87.8 cm³/mol.